The van der Waals surface area contributed by atoms with Crippen LogP contribution < -0.4 is 5.32 Å². The lowest BCUT2D eigenvalue weighted by Crippen LogP contribution is -2.51. The number of rotatable bonds is 5. The van der Waals surface area contributed by atoms with Gasteiger partial charge in [-0.05, 0) is 60.6 Å². The van der Waals surface area contributed by atoms with Gasteiger partial charge in [-0.25, -0.2) is 12.8 Å². The summed E-state index contributed by atoms with van der Waals surface area (Å²) < 4.78 is 40.3. The van der Waals surface area contributed by atoms with Gasteiger partial charge < -0.3 is 10.2 Å². The van der Waals surface area contributed by atoms with Crippen molar-refractivity contribution < 1.29 is 12.8 Å². The lowest BCUT2D eigenvalue weighted by molar-refractivity contribution is 0.268. The minimum atomic E-state index is -3.51. The van der Waals surface area contributed by atoms with Crippen molar-refractivity contribution in [3.05, 3.63) is 59.9 Å². The van der Waals surface area contributed by atoms with E-state index in [0.29, 0.717) is 41.9 Å². The molecule has 0 aliphatic carbocycles. The zero-order valence-corrected chi connectivity index (χ0v) is 17.4. The highest BCUT2D eigenvalue weighted by Crippen LogP contribution is 2.19. The van der Waals surface area contributed by atoms with Crippen LogP contribution in [-0.2, 0) is 16.4 Å². The van der Waals surface area contributed by atoms with Crippen LogP contribution in [0.15, 0.2) is 53.4 Å². The number of hydrogen-bond acceptors (Lipinski definition) is 3. The number of anilines is 1. The van der Waals surface area contributed by atoms with E-state index in [0.717, 1.165) is 18.4 Å². The van der Waals surface area contributed by atoms with Gasteiger partial charge in [-0.3, -0.25) is 0 Å². The van der Waals surface area contributed by atoms with E-state index in [-0.39, 0.29) is 5.82 Å². The normalized spacial score (nSPS) is 15.4. The van der Waals surface area contributed by atoms with Crippen molar-refractivity contribution in [1.82, 2.24) is 9.21 Å². The Hall–Kier alpha value is -2.03. The minimum absolute atomic E-state index is 0.307. The fraction of sp³-hybridized carbons (Fsp3) is 0.350. The Morgan fingerprint density at radius 1 is 1.04 bits per heavy atom. The predicted octanol–water partition coefficient (Wildman–Crippen LogP) is 3.48. The summed E-state index contributed by atoms with van der Waals surface area (Å²) in [6.45, 7) is 3.83. The van der Waals surface area contributed by atoms with Gasteiger partial charge in [0.2, 0.25) is 10.0 Å². The van der Waals surface area contributed by atoms with Gasteiger partial charge in [0.15, 0.2) is 5.11 Å². The third kappa shape index (κ3) is 4.87. The van der Waals surface area contributed by atoms with Crippen molar-refractivity contribution in [3.63, 3.8) is 0 Å². The number of sulfonamides is 1. The molecule has 0 saturated carbocycles. The number of aryl methyl sites for hydroxylation is 1. The molecule has 1 N–H and O–H groups in total. The number of nitrogens with zero attached hydrogens (tertiary/aromatic N) is 2. The molecule has 0 amide bonds. The lowest BCUT2D eigenvalue weighted by atomic mass is 10.1. The van der Waals surface area contributed by atoms with E-state index in [1.165, 1.54) is 16.4 Å². The van der Waals surface area contributed by atoms with Gasteiger partial charge in [0.05, 0.1) is 4.90 Å². The number of benzene rings is 2. The SMILES string of the molecule is CCCc1ccc(S(=O)(=O)N2CCN(C(=S)Nc3ccc(F)cc3)CC2)cc1. The molecule has 1 heterocycles. The topological polar surface area (TPSA) is 52.7 Å². The van der Waals surface area contributed by atoms with Crippen LogP contribution in [0.5, 0.6) is 0 Å². The van der Waals surface area contributed by atoms with Crippen LogP contribution in [0.1, 0.15) is 18.9 Å². The number of halogens is 1. The van der Waals surface area contributed by atoms with Crippen molar-refractivity contribution in [2.45, 2.75) is 24.7 Å². The first-order valence-corrected chi connectivity index (χ1v) is 11.2. The van der Waals surface area contributed by atoms with E-state index in [2.05, 4.69) is 12.2 Å². The molecule has 0 atom stereocenters. The molecular weight excluding hydrogens is 397 g/mol. The molecule has 1 aliphatic heterocycles. The first-order chi connectivity index (χ1) is 13.4. The Kier molecular flexibility index (Phi) is 6.64. The molecule has 150 valence electrons. The second-order valence-corrected chi connectivity index (χ2v) is 9.05. The number of nitrogens with one attached hydrogen (secondary N) is 1. The van der Waals surface area contributed by atoms with Crippen LogP contribution in [0.25, 0.3) is 0 Å². The molecule has 0 radical (unpaired) electrons. The average molecular weight is 422 g/mol. The molecule has 28 heavy (non-hydrogen) atoms. The van der Waals surface area contributed by atoms with E-state index in [9.17, 15) is 12.8 Å². The summed E-state index contributed by atoms with van der Waals surface area (Å²) in [5.41, 5.74) is 1.84. The van der Waals surface area contributed by atoms with Gasteiger partial charge in [-0.2, -0.15) is 4.31 Å². The smallest absolute Gasteiger partial charge is 0.243 e. The van der Waals surface area contributed by atoms with E-state index in [1.807, 2.05) is 17.0 Å². The van der Waals surface area contributed by atoms with Gasteiger partial charge in [-0.15, -0.1) is 0 Å². The second kappa shape index (κ2) is 8.98. The van der Waals surface area contributed by atoms with Crippen LogP contribution in [0.2, 0.25) is 0 Å². The van der Waals surface area contributed by atoms with Crippen LogP contribution in [0, 0.1) is 5.82 Å². The highest BCUT2D eigenvalue weighted by atomic mass is 32.2. The standard InChI is InChI=1S/C20H24FN3O2S2/c1-2-3-16-4-10-19(11-5-16)28(25,26)24-14-12-23(13-15-24)20(27)22-18-8-6-17(21)7-9-18/h4-11H,2-3,12-15H2,1H3,(H,22,27). The number of piperazine rings is 1. The Morgan fingerprint density at radius 2 is 1.64 bits per heavy atom. The fourth-order valence-electron chi connectivity index (χ4n) is 3.13. The Labute approximate surface area is 171 Å². The molecule has 8 heteroatoms. The Morgan fingerprint density at radius 3 is 2.21 bits per heavy atom. The molecule has 0 aromatic heterocycles. The Bertz CT molecular complexity index is 907. The first-order valence-electron chi connectivity index (χ1n) is 9.31. The summed E-state index contributed by atoms with van der Waals surface area (Å²) >= 11 is 5.41. The third-order valence-corrected chi connectivity index (χ3v) is 6.99. The Balaban J connectivity index is 1.59. The van der Waals surface area contributed by atoms with Gasteiger partial charge in [0.1, 0.15) is 5.82 Å². The molecule has 0 unspecified atom stereocenters. The molecule has 0 bridgehead atoms. The molecule has 1 saturated heterocycles. The zero-order chi connectivity index (χ0) is 20.1. The van der Waals surface area contributed by atoms with Crippen molar-refractivity contribution in [1.29, 1.82) is 0 Å². The molecule has 5 nitrogen and oxygen atoms in total. The number of thiocarbonyl (C=S) groups is 1. The molecule has 2 aromatic carbocycles. The summed E-state index contributed by atoms with van der Waals surface area (Å²) in [7, 11) is -3.51. The van der Waals surface area contributed by atoms with Crippen molar-refractivity contribution >= 4 is 33.0 Å². The molecule has 2 aromatic rings. The van der Waals surface area contributed by atoms with Gasteiger partial charge in [0, 0.05) is 31.9 Å². The fourth-order valence-corrected chi connectivity index (χ4v) is 4.86. The van der Waals surface area contributed by atoms with Gasteiger partial charge in [0.25, 0.3) is 0 Å². The molecule has 0 spiro atoms. The zero-order valence-electron chi connectivity index (χ0n) is 15.8. The summed E-state index contributed by atoms with van der Waals surface area (Å²) in [4.78, 5) is 2.25. The lowest BCUT2D eigenvalue weighted by Gasteiger charge is -2.35. The largest absolute Gasteiger partial charge is 0.346 e. The maximum absolute atomic E-state index is 13.0. The van der Waals surface area contributed by atoms with Crippen molar-refractivity contribution in [3.8, 4) is 0 Å². The van der Waals surface area contributed by atoms with Crippen LogP contribution >= 0.6 is 12.2 Å². The predicted molar refractivity (Wildman–Crippen MR) is 113 cm³/mol. The summed E-state index contributed by atoms with van der Waals surface area (Å²) in [5.74, 6) is -0.307. The quantitative estimate of drug-likeness (QED) is 0.749. The average Bonchev–Trinajstić information content (AvgIpc) is 2.70. The second-order valence-electron chi connectivity index (χ2n) is 6.72. The van der Waals surface area contributed by atoms with E-state index in [1.54, 1.807) is 24.3 Å². The molecular formula is C20H24FN3O2S2. The van der Waals surface area contributed by atoms with Crippen LogP contribution in [0.3, 0.4) is 0 Å². The molecule has 3 rings (SSSR count). The summed E-state index contributed by atoms with van der Waals surface area (Å²) in [5, 5.41) is 3.57. The first kappa shape index (κ1) is 20.7. The van der Waals surface area contributed by atoms with E-state index in [4.69, 9.17) is 12.2 Å². The maximum Gasteiger partial charge on any atom is 0.243 e. The monoisotopic (exact) mass is 421 g/mol. The number of hydrogen-bond donors (Lipinski definition) is 1. The van der Waals surface area contributed by atoms with Gasteiger partial charge in [-0.1, -0.05) is 25.5 Å². The third-order valence-electron chi connectivity index (χ3n) is 4.72. The minimum Gasteiger partial charge on any atom is -0.346 e. The van der Waals surface area contributed by atoms with E-state index >= 15 is 0 Å². The van der Waals surface area contributed by atoms with Crippen molar-refractivity contribution in [2.75, 3.05) is 31.5 Å². The van der Waals surface area contributed by atoms with Gasteiger partial charge >= 0.3 is 0 Å². The van der Waals surface area contributed by atoms with E-state index < -0.39 is 10.0 Å². The molecule has 1 aliphatic rings. The van der Waals surface area contributed by atoms with Crippen LogP contribution in [-0.4, -0.2) is 48.9 Å². The van der Waals surface area contributed by atoms with Crippen molar-refractivity contribution in [2.24, 2.45) is 0 Å². The highest BCUT2D eigenvalue weighted by molar-refractivity contribution is 7.89. The highest BCUT2D eigenvalue weighted by Gasteiger charge is 2.29. The summed E-state index contributed by atoms with van der Waals surface area (Å²) in [6.07, 6.45) is 1.97. The maximum atomic E-state index is 13.0. The molecule has 1 fully saturated rings. The van der Waals surface area contributed by atoms with Crippen LogP contribution in [0.4, 0.5) is 10.1 Å². The summed E-state index contributed by atoms with van der Waals surface area (Å²) in [6, 6.07) is 13.1.